The molecule has 5 heteroatoms. The Balaban J connectivity index is 0.000000703. The average molecular weight is 655 g/mol. The normalized spacial score (nSPS) is 11.6. The van der Waals surface area contributed by atoms with Gasteiger partial charge in [0.25, 0.3) is 0 Å². The summed E-state index contributed by atoms with van der Waals surface area (Å²) in [5.41, 5.74) is 9.27. The summed E-state index contributed by atoms with van der Waals surface area (Å²) in [5, 5.41) is 4.08. The van der Waals surface area contributed by atoms with E-state index in [0.29, 0.717) is 0 Å². The van der Waals surface area contributed by atoms with Crippen LogP contribution in [0, 0.1) is 44.2 Å². The van der Waals surface area contributed by atoms with Gasteiger partial charge in [-0.1, -0.05) is 127 Å². The molecule has 0 spiro atoms. The molecule has 0 N–H and O–H groups in total. The Morgan fingerprint density at radius 1 is 0.700 bits per heavy atom. The van der Waals surface area contributed by atoms with Gasteiger partial charge in [0.05, 0.1) is 5.03 Å². The van der Waals surface area contributed by atoms with Crippen molar-refractivity contribution in [3.8, 4) is 0 Å². The second kappa shape index (κ2) is 23.9. The predicted octanol–water partition coefficient (Wildman–Crippen LogP) is 9.90. The Bertz CT molecular complexity index is 1020. The van der Waals surface area contributed by atoms with E-state index in [-0.39, 0.29) is 27.4 Å². The van der Waals surface area contributed by atoms with Crippen molar-refractivity contribution in [2.24, 2.45) is 0 Å². The standard InChI is InChI=1S/C20H14NS.C9H21P.C5H5.CO.Ru/c1-3-9-17(10-4-1)19(18-11-5-2-6-12-18)14-16-22-20-13-7-8-15-21-20;1-7(2)10(8(3)4)9(5)6;1-2-4-5-3-1;1-2;/h1-13,15H;7-9H,1-6H3;1-5H;;/q-1;;;;+2. The van der Waals surface area contributed by atoms with Gasteiger partial charge in [-0.2, -0.15) is 17.2 Å². The summed E-state index contributed by atoms with van der Waals surface area (Å²) in [6.45, 7) is 18.6. The van der Waals surface area contributed by atoms with E-state index in [1.165, 1.54) is 11.8 Å². The number of nitrogens with zero attached hydrogens (tertiary/aromatic N) is 1. The Morgan fingerprint density at radius 3 is 1.43 bits per heavy atom. The van der Waals surface area contributed by atoms with Crippen LogP contribution in [0.1, 0.15) is 52.7 Å². The van der Waals surface area contributed by atoms with E-state index in [1.54, 1.807) is 6.20 Å². The van der Waals surface area contributed by atoms with Crippen LogP contribution in [0.15, 0.2) is 95.8 Å². The first-order valence-corrected chi connectivity index (χ1v) is 15.5. The van der Waals surface area contributed by atoms with E-state index in [1.807, 2.05) is 86.7 Å². The molecular formula is C35H40NOPRuS+. The second-order valence-electron chi connectivity index (χ2n) is 9.29. The van der Waals surface area contributed by atoms with Crippen LogP contribution in [0.4, 0.5) is 0 Å². The van der Waals surface area contributed by atoms with Gasteiger partial charge in [0.1, 0.15) is 0 Å². The van der Waals surface area contributed by atoms with Crippen molar-refractivity contribution in [1.82, 2.24) is 4.98 Å². The predicted molar refractivity (Wildman–Crippen MR) is 170 cm³/mol. The van der Waals surface area contributed by atoms with Gasteiger partial charge in [-0.25, -0.2) is 0 Å². The van der Waals surface area contributed by atoms with Crippen molar-refractivity contribution in [1.29, 1.82) is 0 Å². The Labute approximate surface area is 262 Å². The third kappa shape index (κ3) is 15.9. The fourth-order valence-electron chi connectivity index (χ4n) is 4.17. The van der Waals surface area contributed by atoms with Crippen LogP contribution in [0.2, 0.25) is 0 Å². The van der Waals surface area contributed by atoms with Gasteiger partial charge in [-0.05, 0) is 61.2 Å². The minimum absolute atomic E-state index is 0. The van der Waals surface area contributed by atoms with Crippen molar-refractivity contribution in [3.63, 3.8) is 0 Å². The number of thioether (sulfide) groups is 1. The minimum Gasteiger partial charge on any atom is -0.0312 e. The van der Waals surface area contributed by atoms with Crippen LogP contribution in [-0.2, 0) is 24.1 Å². The Kier molecular flexibility index (Phi) is 22.9. The zero-order chi connectivity index (χ0) is 28.9. The number of benzene rings is 2. The maximum absolute atomic E-state index is 7.50. The third-order valence-electron chi connectivity index (χ3n) is 5.44. The molecule has 0 amide bonds. The molecule has 2 aromatic carbocycles. The molecule has 4 rings (SSSR count). The smallest absolute Gasteiger partial charge is 0.0312 e. The first-order chi connectivity index (χ1) is 18.9. The van der Waals surface area contributed by atoms with E-state index in [9.17, 15) is 0 Å². The molecule has 0 saturated heterocycles. The summed E-state index contributed by atoms with van der Waals surface area (Å²) in [6.07, 6.45) is 11.8. The van der Waals surface area contributed by atoms with Gasteiger partial charge in [-0.3, -0.25) is 4.98 Å². The molecule has 0 atom stereocenters. The Hall–Kier alpha value is -1.75. The molecule has 0 unspecified atom stereocenters. The fourth-order valence-corrected chi connectivity index (χ4v) is 8.26. The van der Waals surface area contributed by atoms with E-state index >= 15 is 0 Å². The molecule has 1 heterocycles. The van der Waals surface area contributed by atoms with Gasteiger partial charge in [0.2, 0.25) is 0 Å². The molecule has 5 radical (unpaired) electrons. The van der Waals surface area contributed by atoms with Gasteiger partial charge >= 0.3 is 30.8 Å². The van der Waals surface area contributed by atoms with Crippen LogP contribution in [0.3, 0.4) is 0 Å². The first-order valence-electron chi connectivity index (χ1n) is 13.1. The van der Waals surface area contributed by atoms with Crippen LogP contribution in [-0.4, -0.2) is 22.0 Å². The number of rotatable bonds is 7. The number of aromatic nitrogens is 1. The largest absolute Gasteiger partial charge is 2.00 e. The molecule has 1 fully saturated rings. The van der Waals surface area contributed by atoms with Crippen molar-refractivity contribution in [2.45, 2.75) is 63.5 Å². The topological polar surface area (TPSA) is 32.8 Å². The van der Waals surface area contributed by atoms with Crippen LogP contribution >= 0.6 is 19.7 Å². The summed E-state index contributed by atoms with van der Waals surface area (Å²) < 4.78 is 7.50. The maximum Gasteiger partial charge on any atom is 2.00 e. The van der Waals surface area contributed by atoms with Crippen molar-refractivity contribution in [3.05, 3.63) is 146 Å². The minimum atomic E-state index is 0. The number of hydrogen-bond acceptors (Lipinski definition) is 2. The molecule has 0 aliphatic heterocycles. The molecular weight excluding hydrogens is 615 g/mol. The van der Waals surface area contributed by atoms with Gasteiger partial charge in [-0.15, -0.1) is 5.57 Å². The van der Waals surface area contributed by atoms with Gasteiger partial charge in [0.15, 0.2) is 0 Å². The van der Waals surface area contributed by atoms with Crippen LogP contribution in [0.5, 0.6) is 0 Å². The quantitative estimate of drug-likeness (QED) is 0.0635. The van der Waals surface area contributed by atoms with E-state index in [0.717, 1.165) is 38.7 Å². The summed E-state index contributed by atoms with van der Waals surface area (Å²) in [5.74, 6) is 0. The van der Waals surface area contributed by atoms with E-state index in [4.69, 9.17) is 4.65 Å². The number of pyridine rings is 1. The summed E-state index contributed by atoms with van der Waals surface area (Å²) in [6, 6.07) is 26.3. The Morgan fingerprint density at radius 2 is 1.10 bits per heavy atom. The molecule has 0 bridgehead atoms. The summed E-state index contributed by atoms with van der Waals surface area (Å²) in [4.78, 5) is 4.27. The van der Waals surface area contributed by atoms with E-state index in [2.05, 4.69) is 88.6 Å². The molecule has 1 aliphatic carbocycles. The third-order valence-corrected chi connectivity index (χ3v) is 9.67. The summed E-state index contributed by atoms with van der Waals surface area (Å²) in [7, 11) is 0.262. The molecule has 2 nitrogen and oxygen atoms in total. The van der Waals surface area contributed by atoms with Crippen molar-refractivity contribution < 1.29 is 24.1 Å². The average Bonchev–Trinajstić information content (AvgIpc) is 3.54. The molecule has 3 aromatic rings. The zero-order valence-corrected chi connectivity index (χ0v) is 27.7. The van der Waals surface area contributed by atoms with Crippen LogP contribution in [0.25, 0.3) is 5.57 Å². The van der Waals surface area contributed by atoms with E-state index < -0.39 is 0 Å². The second-order valence-corrected chi connectivity index (χ2v) is 14.1. The molecule has 1 aliphatic rings. The fraction of sp³-hybridized carbons (Fsp3) is 0.257. The summed E-state index contributed by atoms with van der Waals surface area (Å²) >= 11 is 1.45. The number of hydrogen-bond donors (Lipinski definition) is 0. The maximum atomic E-state index is 7.50. The van der Waals surface area contributed by atoms with Gasteiger partial charge < -0.3 is 5.73 Å². The van der Waals surface area contributed by atoms with Crippen molar-refractivity contribution in [2.75, 3.05) is 0 Å². The monoisotopic (exact) mass is 655 g/mol. The SMILES string of the molecule is C(=[C-]Sc1ccccn1)=C(c1ccccc1)c1ccccc1.CC(C)P(C(C)C)C(C)C.[C-]#[O+].[CH]1[CH][CH][CH][CH]1.[Ru+2]. The first kappa shape index (κ1) is 38.3. The molecule has 209 valence electrons. The molecule has 1 aromatic heterocycles. The van der Waals surface area contributed by atoms with Crippen molar-refractivity contribution >= 4 is 25.3 Å². The zero-order valence-electron chi connectivity index (χ0n) is 24.3. The van der Waals surface area contributed by atoms with Gasteiger partial charge in [0, 0.05) is 6.20 Å². The van der Waals surface area contributed by atoms with Crippen LogP contribution < -0.4 is 0 Å². The molecule has 1 saturated carbocycles. The molecule has 40 heavy (non-hydrogen) atoms.